The molecule has 4 rings (SSSR count). The Bertz CT molecular complexity index is 929. The number of nitrogens with zero attached hydrogens (tertiary/aromatic N) is 3. The smallest absolute Gasteiger partial charge is 0.394 e. The Labute approximate surface area is 185 Å². The lowest BCUT2D eigenvalue weighted by molar-refractivity contribution is -0.299. The van der Waals surface area contributed by atoms with E-state index in [1.165, 1.54) is 4.90 Å². The molecule has 0 amide bonds. The maximum absolute atomic E-state index is 12.2. The Morgan fingerprint density at radius 1 is 1.30 bits per heavy atom. The van der Waals surface area contributed by atoms with Crippen molar-refractivity contribution in [2.45, 2.75) is 48.6 Å². The van der Waals surface area contributed by atoms with Gasteiger partial charge in [0, 0.05) is 0 Å². The highest BCUT2D eigenvalue weighted by molar-refractivity contribution is 7.47. The van der Waals surface area contributed by atoms with E-state index in [1.807, 2.05) is 0 Å². The zero-order valence-corrected chi connectivity index (χ0v) is 17.9. The molecule has 3 aliphatic rings. The zero-order valence-electron chi connectivity index (χ0n) is 17.0. The first-order valence-corrected chi connectivity index (χ1v) is 11.0. The molecule has 1 aromatic heterocycles. The van der Waals surface area contributed by atoms with Crippen LogP contribution in [0.1, 0.15) is 0 Å². The van der Waals surface area contributed by atoms with Crippen LogP contribution in [0.3, 0.4) is 0 Å². The van der Waals surface area contributed by atoms with E-state index in [-0.39, 0.29) is 18.3 Å². The van der Waals surface area contributed by atoms with Crippen LogP contribution >= 0.6 is 7.82 Å². The molecular formula is C15H23N5O12P. The summed E-state index contributed by atoms with van der Waals surface area (Å²) in [6.45, 7) is -0.850. The number of nitrogens with one attached hydrogen (secondary N) is 1. The number of nitrogens with two attached hydrogens (primary N) is 1. The third-order valence-corrected chi connectivity index (χ3v) is 6.39. The van der Waals surface area contributed by atoms with E-state index in [4.69, 9.17) is 19.7 Å². The van der Waals surface area contributed by atoms with E-state index in [9.17, 15) is 35.0 Å². The first-order valence-electron chi connectivity index (χ1n) is 9.58. The molecule has 2 saturated heterocycles. The maximum atomic E-state index is 12.2. The van der Waals surface area contributed by atoms with Gasteiger partial charge in [0.2, 0.25) is 5.79 Å². The summed E-state index contributed by atoms with van der Waals surface area (Å²) in [6, 6.07) is 0. The highest BCUT2D eigenvalue weighted by atomic mass is 31.2. The summed E-state index contributed by atoms with van der Waals surface area (Å²) in [7, 11) is -4.53. The van der Waals surface area contributed by atoms with Crippen molar-refractivity contribution in [2.24, 2.45) is 0 Å². The molecular weight excluding hydrogens is 473 g/mol. The number of aromatic nitrogens is 2. The quantitative estimate of drug-likeness (QED) is 0.110. The Morgan fingerprint density at radius 2 is 2.03 bits per heavy atom. The fourth-order valence-corrected chi connectivity index (χ4v) is 4.90. The van der Waals surface area contributed by atoms with Gasteiger partial charge in [0.25, 0.3) is 0 Å². The summed E-state index contributed by atoms with van der Waals surface area (Å²) < 4.78 is 32.2. The minimum Gasteiger partial charge on any atom is -0.394 e. The number of rotatable bonds is 7. The van der Waals surface area contributed by atoms with E-state index in [1.54, 1.807) is 0 Å². The standard InChI is InChI=1S/C15H23N5O12P/c1-28-32-33(26,27)31-15(10(25)7(22)5(2-21)30-15)11-8(23)9(24)14(29-11)20-4-19-6-12(16)17-3-18-13(6)20/h3,5,7-11,14,19,21-25H,2,4H2,1H3,(H2,16,17,18)/t5-,7+,8+,9+,10-,11+,14+,15+/m0/s1. The average molecular weight is 496 g/mol. The molecule has 1 radical (unpaired) electrons. The summed E-state index contributed by atoms with van der Waals surface area (Å²) >= 11 is 0. The molecule has 0 bridgehead atoms. The van der Waals surface area contributed by atoms with Crippen molar-refractivity contribution < 1.29 is 58.6 Å². The fraction of sp³-hybridized carbons (Fsp3) is 0.733. The highest BCUT2D eigenvalue weighted by Crippen LogP contribution is 2.55. The number of ether oxygens (including phenoxy) is 2. The van der Waals surface area contributed by atoms with Gasteiger partial charge in [-0.05, 0) is 0 Å². The molecule has 1 unspecified atom stereocenters. The monoisotopic (exact) mass is 496 g/mol. The normalized spacial score (nSPS) is 40.0. The largest absolute Gasteiger partial charge is 0.532 e. The van der Waals surface area contributed by atoms with Gasteiger partial charge >= 0.3 is 7.82 Å². The second kappa shape index (κ2) is 8.81. The van der Waals surface area contributed by atoms with Crippen molar-refractivity contribution in [3.05, 3.63) is 6.33 Å². The summed E-state index contributed by atoms with van der Waals surface area (Å²) in [5.74, 6) is -2.51. The van der Waals surface area contributed by atoms with Gasteiger partial charge in [0.15, 0.2) is 17.9 Å². The second-order valence-corrected chi connectivity index (χ2v) is 8.69. The van der Waals surface area contributed by atoms with Gasteiger partial charge in [-0.15, -0.1) is 9.57 Å². The Kier molecular flexibility index (Phi) is 6.51. The van der Waals surface area contributed by atoms with Gasteiger partial charge in [-0.2, -0.15) is 0 Å². The van der Waals surface area contributed by atoms with Crippen LogP contribution in [0.25, 0.3) is 0 Å². The number of nitrogen functional groups attached to an aromatic ring is 1. The predicted molar refractivity (Wildman–Crippen MR) is 102 cm³/mol. The Morgan fingerprint density at radius 3 is 2.67 bits per heavy atom. The Hall–Kier alpha value is -1.73. The van der Waals surface area contributed by atoms with Crippen LogP contribution < -0.4 is 16.0 Å². The molecule has 33 heavy (non-hydrogen) atoms. The van der Waals surface area contributed by atoms with Gasteiger partial charge in [0.1, 0.15) is 48.6 Å². The van der Waals surface area contributed by atoms with Gasteiger partial charge in [-0.3, -0.25) is 0 Å². The molecule has 3 aliphatic heterocycles. The Balaban J connectivity index is 1.69. The summed E-state index contributed by atoms with van der Waals surface area (Å²) in [5, 5.41) is 54.7. The summed E-state index contributed by atoms with van der Waals surface area (Å²) in [6.07, 6.45) is -11.3. The molecule has 4 heterocycles. The lowest BCUT2D eigenvalue weighted by Gasteiger charge is -2.37. The maximum Gasteiger partial charge on any atom is 0.532 e. The van der Waals surface area contributed by atoms with Crippen LogP contribution in [-0.2, 0) is 33.0 Å². The number of aliphatic hydroxyl groups is 5. The molecule has 0 aromatic carbocycles. The van der Waals surface area contributed by atoms with E-state index >= 15 is 0 Å². The molecule has 17 nitrogen and oxygen atoms in total. The van der Waals surface area contributed by atoms with Crippen LogP contribution in [0.2, 0.25) is 0 Å². The number of fused-ring (bicyclic) bond motifs is 1. The number of hydrogen-bond acceptors (Lipinski definition) is 16. The van der Waals surface area contributed by atoms with Crippen molar-refractivity contribution >= 4 is 25.1 Å². The molecule has 8 N–H and O–H groups in total. The van der Waals surface area contributed by atoms with E-state index in [2.05, 4.69) is 24.8 Å². The first-order chi connectivity index (χ1) is 15.6. The molecule has 2 fully saturated rings. The molecule has 0 saturated carbocycles. The van der Waals surface area contributed by atoms with Crippen LogP contribution in [0.5, 0.6) is 0 Å². The summed E-state index contributed by atoms with van der Waals surface area (Å²) in [4.78, 5) is 25.6. The molecule has 185 valence electrons. The topological polar surface area (TPSA) is 251 Å². The highest BCUT2D eigenvalue weighted by Gasteiger charge is 2.68. The summed E-state index contributed by atoms with van der Waals surface area (Å²) in [5.41, 5.74) is 6.13. The minimum atomic E-state index is -5.40. The minimum absolute atomic E-state index is 0.00534. The van der Waals surface area contributed by atoms with Gasteiger partial charge in [-0.25, -0.2) is 23.9 Å². The van der Waals surface area contributed by atoms with Crippen molar-refractivity contribution in [2.75, 3.05) is 36.3 Å². The van der Waals surface area contributed by atoms with Gasteiger partial charge in [0.05, 0.1) is 20.4 Å². The first kappa shape index (κ1) is 24.4. The SMILES string of the molecule is COOP([O])(=O)O[C@]1([C@@H]2O[C@@H](N3CNc4c(N)ncnc43)[C@H](O)[C@H]2O)O[C@@H](CO)[C@@H](O)[C@@H]1O. The van der Waals surface area contributed by atoms with Crippen molar-refractivity contribution in [3.8, 4) is 0 Å². The lowest BCUT2D eigenvalue weighted by atomic mass is 9.96. The third kappa shape index (κ3) is 3.95. The number of aliphatic hydroxyl groups excluding tert-OH is 5. The van der Waals surface area contributed by atoms with E-state index < -0.39 is 63.1 Å². The second-order valence-electron chi connectivity index (χ2n) is 7.47. The van der Waals surface area contributed by atoms with Crippen LogP contribution in [0, 0.1) is 0 Å². The lowest BCUT2D eigenvalue weighted by Crippen LogP contribution is -2.58. The van der Waals surface area contributed by atoms with Gasteiger partial charge < -0.3 is 51.0 Å². The van der Waals surface area contributed by atoms with Crippen LogP contribution in [0.4, 0.5) is 17.3 Å². The number of anilines is 3. The average Bonchev–Trinajstić information content (AvgIpc) is 3.39. The van der Waals surface area contributed by atoms with E-state index in [0.29, 0.717) is 5.69 Å². The third-order valence-electron chi connectivity index (χ3n) is 5.55. The van der Waals surface area contributed by atoms with Crippen molar-refractivity contribution in [1.29, 1.82) is 0 Å². The van der Waals surface area contributed by atoms with Crippen molar-refractivity contribution in [3.63, 3.8) is 0 Å². The number of hydrogen-bond donors (Lipinski definition) is 7. The van der Waals surface area contributed by atoms with Crippen LogP contribution in [-0.4, -0.2) is 105 Å². The predicted octanol–water partition coefficient (Wildman–Crippen LogP) is -3.36. The van der Waals surface area contributed by atoms with Gasteiger partial charge in [-0.1, -0.05) is 0 Å². The molecule has 18 heteroatoms. The van der Waals surface area contributed by atoms with E-state index in [0.717, 1.165) is 13.4 Å². The fourth-order valence-electron chi connectivity index (χ4n) is 4.08. The zero-order chi connectivity index (χ0) is 24.1. The van der Waals surface area contributed by atoms with Crippen LogP contribution in [0.15, 0.2) is 6.33 Å². The molecule has 0 spiro atoms. The molecule has 9 atom stereocenters. The van der Waals surface area contributed by atoms with Crippen molar-refractivity contribution in [1.82, 2.24) is 9.97 Å². The molecule has 1 aromatic rings. The molecule has 0 aliphatic carbocycles.